The molecule has 3 nitrogen and oxygen atoms in total. The standard InChI is InChI=1S/C13H21NO2/c1-3-4-5-8-16-13-9-12(15-2)7-6-11(13)10-14/h6-7,9H,3-5,8,10,14H2,1-2H3. The zero-order valence-corrected chi connectivity index (χ0v) is 10.2. The zero-order valence-electron chi connectivity index (χ0n) is 10.2. The van der Waals surface area contributed by atoms with Gasteiger partial charge in [-0.15, -0.1) is 0 Å². The summed E-state index contributed by atoms with van der Waals surface area (Å²) in [5, 5.41) is 0. The maximum absolute atomic E-state index is 5.71. The van der Waals surface area contributed by atoms with E-state index in [9.17, 15) is 0 Å². The fourth-order valence-electron chi connectivity index (χ4n) is 1.50. The molecule has 0 heterocycles. The lowest BCUT2D eigenvalue weighted by Gasteiger charge is -2.11. The van der Waals surface area contributed by atoms with E-state index in [-0.39, 0.29) is 0 Å². The molecule has 0 spiro atoms. The van der Waals surface area contributed by atoms with Crippen LogP contribution in [0.25, 0.3) is 0 Å². The van der Waals surface area contributed by atoms with E-state index in [0.29, 0.717) is 6.54 Å². The Balaban J connectivity index is 2.60. The predicted molar refractivity (Wildman–Crippen MR) is 65.9 cm³/mol. The van der Waals surface area contributed by atoms with Crippen LogP contribution < -0.4 is 15.2 Å². The molecule has 1 aromatic rings. The molecule has 0 aliphatic carbocycles. The summed E-state index contributed by atoms with van der Waals surface area (Å²) in [7, 11) is 1.65. The maximum Gasteiger partial charge on any atom is 0.127 e. The van der Waals surface area contributed by atoms with Gasteiger partial charge in [-0.3, -0.25) is 0 Å². The van der Waals surface area contributed by atoms with E-state index in [1.807, 2.05) is 18.2 Å². The maximum atomic E-state index is 5.71. The van der Waals surface area contributed by atoms with Crippen molar-refractivity contribution < 1.29 is 9.47 Å². The Morgan fingerprint density at radius 3 is 2.69 bits per heavy atom. The summed E-state index contributed by atoms with van der Waals surface area (Å²) >= 11 is 0. The summed E-state index contributed by atoms with van der Waals surface area (Å²) < 4.78 is 10.9. The van der Waals surface area contributed by atoms with Crippen LogP contribution in [0, 0.1) is 0 Å². The van der Waals surface area contributed by atoms with E-state index in [2.05, 4.69) is 6.92 Å². The Morgan fingerprint density at radius 2 is 2.06 bits per heavy atom. The van der Waals surface area contributed by atoms with Gasteiger partial charge in [0.15, 0.2) is 0 Å². The molecule has 2 N–H and O–H groups in total. The minimum Gasteiger partial charge on any atom is -0.497 e. The van der Waals surface area contributed by atoms with Crippen LogP contribution in [0.1, 0.15) is 31.7 Å². The van der Waals surface area contributed by atoms with Crippen molar-refractivity contribution in [2.45, 2.75) is 32.7 Å². The molecule has 16 heavy (non-hydrogen) atoms. The van der Waals surface area contributed by atoms with Gasteiger partial charge in [0.25, 0.3) is 0 Å². The van der Waals surface area contributed by atoms with Gasteiger partial charge >= 0.3 is 0 Å². The Labute approximate surface area is 97.6 Å². The number of hydrogen-bond acceptors (Lipinski definition) is 3. The van der Waals surface area contributed by atoms with Crippen molar-refractivity contribution in [2.24, 2.45) is 5.73 Å². The smallest absolute Gasteiger partial charge is 0.127 e. The van der Waals surface area contributed by atoms with Crippen molar-refractivity contribution in [2.75, 3.05) is 13.7 Å². The minimum absolute atomic E-state index is 0.493. The molecule has 0 bridgehead atoms. The number of hydrogen-bond donors (Lipinski definition) is 1. The first-order valence-corrected chi connectivity index (χ1v) is 5.81. The van der Waals surface area contributed by atoms with Crippen LogP contribution >= 0.6 is 0 Å². The average Bonchev–Trinajstić information content (AvgIpc) is 2.34. The van der Waals surface area contributed by atoms with Crippen LogP contribution in [0.2, 0.25) is 0 Å². The second-order valence-electron chi connectivity index (χ2n) is 3.73. The summed E-state index contributed by atoms with van der Waals surface area (Å²) in [5.41, 5.74) is 6.68. The van der Waals surface area contributed by atoms with Crippen molar-refractivity contribution in [1.29, 1.82) is 0 Å². The summed E-state index contributed by atoms with van der Waals surface area (Å²) in [5.74, 6) is 1.65. The van der Waals surface area contributed by atoms with E-state index in [4.69, 9.17) is 15.2 Å². The SMILES string of the molecule is CCCCCOc1cc(OC)ccc1CN. The number of methoxy groups -OCH3 is 1. The first-order chi connectivity index (χ1) is 7.81. The number of nitrogens with two attached hydrogens (primary N) is 1. The highest BCUT2D eigenvalue weighted by molar-refractivity contribution is 5.40. The van der Waals surface area contributed by atoms with Gasteiger partial charge < -0.3 is 15.2 Å². The quantitative estimate of drug-likeness (QED) is 0.723. The van der Waals surface area contributed by atoms with Gasteiger partial charge in [-0.2, -0.15) is 0 Å². The van der Waals surface area contributed by atoms with Crippen LogP contribution in [0.15, 0.2) is 18.2 Å². The van der Waals surface area contributed by atoms with Crippen LogP contribution in [0.4, 0.5) is 0 Å². The van der Waals surface area contributed by atoms with Crippen molar-refractivity contribution in [1.82, 2.24) is 0 Å². The molecule has 0 saturated heterocycles. The normalized spacial score (nSPS) is 10.2. The van der Waals surface area contributed by atoms with Gasteiger partial charge in [0, 0.05) is 18.2 Å². The molecule has 90 valence electrons. The topological polar surface area (TPSA) is 44.5 Å². The van der Waals surface area contributed by atoms with Crippen LogP contribution in [0.5, 0.6) is 11.5 Å². The molecule has 3 heteroatoms. The molecule has 0 unspecified atom stereocenters. The van der Waals surface area contributed by atoms with Gasteiger partial charge in [-0.05, 0) is 12.5 Å². The van der Waals surface area contributed by atoms with E-state index in [0.717, 1.165) is 30.1 Å². The van der Waals surface area contributed by atoms with E-state index in [1.165, 1.54) is 12.8 Å². The molecule has 1 aromatic carbocycles. The minimum atomic E-state index is 0.493. The van der Waals surface area contributed by atoms with E-state index < -0.39 is 0 Å². The second kappa shape index (κ2) is 7.12. The molecule has 1 rings (SSSR count). The summed E-state index contributed by atoms with van der Waals surface area (Å²) in [4.78, 5) is 0. The van der Waals surface area contributed by atoms with Gasteiger partial charge in [0.1, 0.15) is 11.5 Å². The molecule has 0 aliphatic heterocycles. The van der Waals surface area contributed by atoms with Gasteiger partial charge in [-0.25, -0.2) is 0 Å². The first-order valence-electron chi connectivity index (χ1n) is 5.81. The zero-order chi connectivity index (χ0) is 11.8. The molecule has 0 aromatic heterocycles. The number of benzene rings is 1. The highest BCUT2D eigenvalue weighted by Crippen LogP contribution is 2.24. The Hall–Kier alpha value is -1.22. The Kier molecular flexibility index (Phi) is 5.72. The second-order valence-corrected chi connectivity index (χ2v) is 3.73. The average molecular weight is 223 g/mol. The van der Waals surface area contributed by atoms with E-state index in [1.54, 1.807) is 7.11 Å². The lowest BCUT2D eigenvalue weighted by molar-refractivity contribution is 0.301. The third-order valence-corrected chi connectivity index (χ3v) is 2.50. The predicted octanol–water partition coefficient (Wildman–Crippen LogP) is 2.72. The molecule has 0 radical (unpaired) electrons. The highest BCUT2D eigenvalue weighted by atomic mass is 16.5. The van der Waals surface area contributed by atoms with Crippen molar-refractivity contribution in [3.63, 3.8) is 0 Å². The fourth-order valence-corrected chi connectivity index (χ4v) is 1.50. The van der Waals surface area contributed by atoms with Crippen molar-refractivity contribution in [3.8, 4) is 11.5 Å². The first kappa shape index (κ1) is 12.8. The summed E-state index contributed by atoms with van der Waals surface area (Å²) in [6.45, 7) is 3.41. The third kappa shape index (κ3) is 3.74. The van der Waals surface area contributed by atoms with Crippen LogP contribution in [-0.2, 0) is 6.54 Å². The molecule has 0 fully saturated rings. The molecule has 0 atom stereocenters. The van der Waals surface area contributed by atoms with Crippen molar-refractivity contribution in [3.05, 3.63) is 23.8 Å². The lowest BCUT2D eigenvalue weighted by Crippen LogP contribution is -2.04. The van der Waals surface area contributed by atoms with Crippen LogP contribution in [-0.4, -0.2) is 13.7 Å². The summed E-state index contributed by atoms with van der Waals surface area (Å²) in [6.07, 6.45) is 3.48. The molecular weight excluding hydrogens is 202 g/mol. The molecule has 0 amide bonds. The Bertz CT molecular complexity index is 313. The summed E-state index contributed by atoms with van der Waals surface area (Å²) in [6, 6.07) is 5.75. The molecule has 0 saturated carbocycles. The number of unbranched alkanes of at least 4 members (excludes halogenated alkanes) is 2. The largest absolute Gasteiger partial charge is 0.497 e. The monoisotopic (exact) mass is 223 g/mol. The van der Waals surface area contributed by atoms with Gasteiger partial charge in [0.2, 0.25) is 0 Å². The van der Waals surface area contributed by atoms with Crippen LogP contribution in [0.3, 0.4) is 0 Å². The van der Waals surface area contributed by atoms with Gasteiger partial charge in [-0.1, -0.05) is 25.8 Å². The van der Waals surface area contributed by atoms with Gasteiger partial charge in [0.05, 0.1) is 13.7 Å². The highest BCUT2D eigenvalue weighted by Gasteiger charge is 2.04. The number of rotatable bonds is 7. The fraction of sp³-hybridized carbons (Fsp3) is 0.538. The molecule has 0 aliphatic rings. The van der Waals surface area contributed by atoms with E-state index >= 15 is 0 Å². The third-order valence-electron chi connectivity index (χ3n) is 2.50. The van der Waals surface area contributed by atoms with Crippen molar-refractivity contribution >= 4 is 0 Å². The lowest BCUT2D eigenvalue weighted by atomic mass is 10.2. The number of ether oxygens (including phenoxy) is 2. The Morgan fingerprint density at radius 1 is 1.25 bits per heavy atom. The molecular formula is C13H21NO2.